The Morgan fingerprint density at radius 1 is 1.00 bits per heavy atom. The number of hydrogen-bond donors (Lipinski definition) is 2. The molecule has 13 heteroatoms. The first-order valence-electron chi connectivity index (χ1n) is 13.7. The first-order chi connectivity index (χ1) is 21.0. The summed E-state index contributed by atoms with van der Waals surface area (Å²) in [6.07, 6.45) is -1.41. The zero-order valence-corrected chi connectivity index (χ0v) is 25.7. The van der Waals surface area contributed by atoms with Gasteiger partial charge < -0.3 is 5.32 Å². The van der Waals surface area contributed by atoms with Gasteiger partial charge in [0.25, 0.3) is 5.91 Å². The summed E-state index contributed by atoms with van der Waals surface area (Å²) in [5.74, 6) is 5.19. The maximum Gasteiger partial charge on any atom is 0.416 e. The molecular weight excluding hydrogens is 634 g/mol. The lowest BCUT2D eigenvalue weighted by Gasteiger charge is -2.26. The second-order valence-corrected chi connectivity index (χ2v) is 12.0. The monoisotopic (exact) mass is 659 g/mol. The van der Waals surface area contributed by atoms with Gasteiger partial charge in [0.1, 0.15) is 0 Å². The van der Waals surface area contributed by atoms with Gasteiger partial charge in [0.05, 0.1) is 31.7 Å². The van der Waals surface area contributed by atoms with Crippen molar-refractivity contribution in [3.63, 3.8) is 0 Å². The molecule has 0 unspecified atom stereocenters. The number of amides is 2. The SMILES string of the molecule is CC(=O)NCc1c(C(=O)NN2CCCCC2)nn(-c2ccc(Cl)cc2Cl)c1-c1ccc(C#Cc2ccc(C(F)(F)F)cc2)s1. The Hall–Kier alpha value is -3.82. The molecule has 0 bridgehead atoms. The van der Waals surface area contributed by atoms with Crippen molar-refractivity contribution in [3.05, 3.63) is 91.9 Å². The van der Waals surface area contributed by atoms with E-state index in [0.717, 1.165) is 44.5 Å². The van der Waals surface area contributed by atoms with Crippen LogP contribution in [0, 0.1) is 11.8 Å². The molecule has 1 fully saturated rings. The molecule has 0 atom stereocenters. The van der Waals surface area contributed by atoms with Crippen LogP contribution in [0.2, 0.25) is 10.0 Å². The maximum atomic E-state index is 13.6. The lowest BCUT2D eigenvalue weighted by Crippen LogP contribution is -2.45. The molecule has 4 aromatic rings. The van der Waals surface area contributed by atoms with E-state index in [9.17, 15) is 22.8 Å². The molecule has 0 saturated carbocycles. The third-order valence-electron chi connectivity index (χ3n) is 6.85. The van der Waals surface area contributed by atoms with Crippen molar-refractivity contribution in [2.75, 3.05) is 13.1 Å². The van der Waals surface area contributed by atoms with Crippen LogP contribution in [-0.2, 0) is 17.5 Å². The number of benzene rings is 2. The van der Waals surface area contributed by atoms with Gasteiger partial charge in [0, 0.05) is 42.7 Å². The number of alkyl halides is 3. The molecule has 2 amide bonds. The van der Waals surface area contributed by atoms with Crippen molar-refractivity contribution >= 4 is 46.4 Å². The van der Waals surface area contributed by atoms with Crippen LogP contribution >= 0.6 is 34.5 Å². The quantitative estimate of drug-likeness (QED) is 0.217. The fraction of sp³-hybridized carbons (Fsp3) is 0.258. The van der Waals surface area contributed by atoms with Crippen molar-refractivity contribution in [2.45, 2.75) is 38.9 Å². The van der Waals surface area contributed by atoms with Crippen molar-refractivity contribution in [2.24, 2.45) is 0 Å². The van der Waals surface area contributed by atoms with Crippen LogP contribution in [0.25, 0.3) is 16.3 Å². The van der Waals surface area contributed by atoms with Gasteiger partial charge in [-0.1, -0.05) is 41.5 Å². The van der Waals surface area contributed by atoms with Gasteiger partial charge in [-0.15, -0.1) is 11.3 Å². The number of nitrogens with one attached hydrogen (secondary N) is 2. The van der Waals surface area contributed by atoms with E-state index in [1.54, 1.807) is 28.9 Å². The van der Waals surface area contributed by atoms with E-state index in [2.05, 4.69) is 22.6 Å². The van der Waals surface area contributed by atoms with Crippen molar-refractivity contribution < 1.29 is 22.8 Å². The number of hydrazine groups is 1. The van der Waals surface area contributed by atoms with Gasteiger partial charge in [-0.3, -0.25) is 15.0 Å². The molecule has 228 valence electrons. The summed E-state index contributed by atoms with van der Waals surface area (Å²) in [5.41, 5.74) is 4.22. The molecule has 3 heterocycles. The van der Waals surface area contributed by atoms with E-state index in [1.807, 2.05) is 11.1 Å². The van der Waals surface area contributed by atoms with Crippen LogP contribution in [0.1, 0.15) is 58.2 Å². The van der Waals surface area contributed by atoms with E-state index in [-0.39, 0.29) is 18.1 Å². The number of halogens is 5. The molecule has 2 N–H and O–H groups in total. The number of thiophene rings is 1. The standard InChI is InChI=1S/C31H26Cl2F3N5O2S/c1-19(42)37-18-24-28(30(43)39-40-15-3-2-4-16-40)38-41(26-13-10-22(32)17-25(26)33)29(24)27-14-12-23(44-27)11-7-20-5-8-21(9-6-20)31(34,35)36/h5-6,8-10,12-14,17H,2-4,15-16,18H2,1H3,(H,37,42)(H,39,43). The summed E-state index contributed by atoms with van der Waals surface area (Å²) in [5, 5.41) is 10.1. The summed E-state index contributed by atoms with van der Waals surface area (Å²) < 4.78 is 40.3. The van der Waals surface area contributed by atoms with E-state index >= 15 is 0 Å². The van der Waals surface area contributed by atoms with E-state index in [0.29, 0.717) is 42.3 Å². The molecule has 44 heavy (non-hydrogen) atoms. The first kappa shape index (κ1) is 31.6. The Morgan fingerprint density at radius 2 is 1.73 bits per heavy atom. The highest BCUT2D eigenvalue weighted by molar-refractivity contribution is 7.16. The predicted octanol–water partition coefficient (Wildman–Crippen LogP) is 7.09. The van der Waals surface area contributed by atoms with Crippen LogP contribution in [0.15, 0.2) is 54.6 Å². The van der Waals surface area contributed by atoms with Gasteiger partial charge in [-0.2, -0.15) is 18.3 Å². The molecule has 7 nitrogen and oxygen atoms in total. The highest BCUT2D eigenvalue weighted by Crippen LogP contribution is 2.37. The molecule has 0 aliphatic carbocycles. The third-order valence-corrected chi connectivity index (χ3v) is 8.39. The number of hydrogen-bond acceptors (Lipinski definition) is 5. The van der Waals surface area contributed by atoms with Crippen LogP contribution in [-0.4, -0.2) is 39.7 Å². The van der Waals surface area contributed by atoms with E-state index in [4.69, 9.17) is 28.3 Å². The number of nitrogens with zero attached hydrogens (tertiary/aromatic N) is 3. The molecule has 0 radical (unpaired) electrons. The fourth-order valence-corrected chi connectivity index (χ4v) is 6.11. The van der Waals surface area contributed by atoms with Gasteiger partial charge in [-0.05, 0) is 67.4 Å². The Kier molecular flexibility index (Phi) is 9.65. The van der Waals surface area contributed by atoms with Crippen LogP contribution < -0.4 is 10.7 Å². The van der Waals surface area contributed by atoms with Crippen LogP contribution in [0.4, 0.5) is 13.2 Å². The lowest BCUT2D eigenvalue weighted by atomic mass is 10.1. The average Bonchev–Trinajstić information content (AvgIpc) is 3.60. The van der Waals surface area contributed by atoms with Gasteiger partial charge >= 0.3 is 6.18 Å². The molecule has 1 saturated heterocycles. The summed E-state index contributed by atoms with van der Waals surface area (Å²) in [4.78, 5) is 26.9. The van der Waals surface area contributed by atoms with Crippen LogP contribution in [0.3, 0.4) is 0 Å². The minimum Gasteiger partial charge on any atom is -0.352 e. The van der Waals surface area contributed by atoms with Crippen molar-refractivity contribution in [1.29, 1.82) is 0 Å². The number of aromatic nitrogens is 2. The van der Waals surface area contributed by atoms with Gasteiger partial charge in [-0.25, -0.2) is 9.69 Å². The maximum absolute atomic E-state index is 13.6. The number of carbonyl (C=O) groups is 2. The predicted molar refractivity (Wildman–Crippen MR) is 165 cm³/mol. The summed E-state index contributed by atoms with van der Waals surface area (Å²) >= 11 is 14.1. The van der Waals surface area contributed by atoms with Gasteiger partial charge in [0.2, 0.25) is 5.91 Å². The molecule has 1 aliphatic rings. The Morgan fingerprint density at radius 3 is 2.39 bits per heavy atom. The lowest BCUT2D eigenvalue weighted by molar-refractivity contribution is -0.137. The smallest absolute Gasteiger partial charge is 0.352 e. The highest BCUT2D eigenvalue weighted by Gasteiger charge is 2.30. The summed E-state index contributed by atoms with van der Waals surface area (Å²) in [6.45, 7) is 2.83. The minimum atomic E-state index is -4.43. The molecular formula is C31H26Cl2F3N5O2S. The Labute approximate surface area is 265 Å². The second kappa shape index (κ2) is 13.4. The fourth-order valence-electron chi connectivity index (χ4n) is 4.70. The van der Waals surface area contributed by atoms with Gasteiger partial charge in [0.15, 0.2) is 5.69 Å². The molecule has 5 rings (SSSR count). The summed E-state index contributed by atoms with van der Waals surface area (Å²) in [6, 6.07) is 13.1. The Balaban J connectivity index is 1.58. The second-order valence-electron chi connectivity index (χ2n) is 10.1. The minimum absolute atomic E-state index is 0.0170. The number of carbonyl (C=O) groups excluding carboxylic acids is 2. The zero-order chi connectivity index (χ0) is 31.4. The topological polar surface area (TPSA) is 79.3 Å². The van der Waals surface area contributed by atoms with Crippen molar-refractivity contribution in [3.8, 4) is 28.1 Å². The normalized spacial score (nSPS) is 13.7. The van der Waals surface area contributed by atoms with Crippen LogP contribution in [0.5, 0.6) is 0 Å². The highest BCUT2D eigenvalue weighted by atomic mass is 35.5. The van der Waals surface area contributed by atoms with E-state index < -0.39 is 17.6 Å². The molecule has 1 aliphatic heterocycles. The zero-order valence-electron chi connectivity index (χ0n) is 23.4. The molecule has 2 aromatic heterocycles. The number of rotatable bonds is 6. The molecule has 2 aromatic carbocycles. The summed E-state index contributed by atoms with van der Waals surface area (Å²) in [7, 11) is 0. The largest absolute Gasteiger partial charge is 0.416 e. The average molecular weight is 661 g/mol. The van der Waals surface area contributed by atoms with E-state index in [1.165, 1.54) is 30.4 Å². The molecule has 0 spiro atoms. The number of piperidine rings is 1. The Bertz CT molecular complexity index is 1750. The third kappa shape index (κ3) is 7.45. The first-order valence-corrected chi connectivity index (χ1v) is 15.2. The van der Waals surface area contributed by atoms with Crippen molar-refractivity contribution in [1.82, 2.24) is 25.5 Å².